The number of carbonyl (C=O) groups is 1. The van der Waals surface area contributed by atoms with Crippen molar-refractivity contribution >= 4 is 65.6 Å². The van der Waals surface area contributed by atoms with Crippen LogP contribution >= 0.6 is 54.0 Å². The minimum Gasteiger partial charge on any atom is -0.356 e. The Morgan fingerprint density at radius 1 is 1.00 bits per heavy atom. The number of anilines is 1. The molecule has 0 aliphatic heterocycles. The number of nitrogens with one attached hydrogen (secondary N) is 1. The smallest absolute Gasteiger partial charge is 0.356 e. The quantitative estimate of drug-likeness (QED) is 0.202. The minimum atomic E-state index is -4.27. The van der Waals surface area contributed by atoms with E-state index in [1.54, 1.807) is 76.2 Å². The highest BCUT2D eigenvalue weighted by atomic mass is 35.5. The molecule has 12 heteroatoms. The zero-order chi connectivity index (χ0) is 26.0. The van der Waals surface area contributed by atoms with Gasteiger partial charge in [0.2, 0.25) is 0 Å². The molecule has 1 aromatic heterocycles. The van der Waals surface area contributed by atoms with E-state index < -0.39 is 29.8 Å². The lowest BCUT2D eigenvalue weighted by atomic mass is 10.1. The predicted octanol–water partition coefficient (Wildman–Crippen LogP) is 8.43. The molecule has 188 valence electrons. The van der Waals surface area contributed by atoms with E-state index in [0.717, 1.165) is 0 Å². The number of hydrogen-bond donors (Lipinski definition) is 1. The zero-order valence-corrected chi connectivity index (χ0v) is 23.1. The summed E-state index contributed by atoms with van der Waals surface area (Å²) in [5.74, 6) is -0.573. The molecule has 1 amide bonds. The van der Waals surface area contributed by atoms with Crippen molar-refractivity contribution in [3.63, 3.8) is 0 Å². The Morgan fingerprint density at radius 3 is 2.14 bits per heavy atom. The van der Waals surface area contributed by atoms with E-state index in [-0.39, 0.29) is 0 Å². The van der Waals surface area contributed by atoms with Crippen molar-refractivity contribution in [2.75, 3.05) is 5.32 Å². The first-order chi connectivity index (χ1) is 16.3. The minimum absolute atomic E-state index is 0.313. The van der Waals surface area contributed by atoms with Crippen LogP contribution in [0.2, 0.25) is 10.0 Å². The van der Waals surface area contributed by atoms with E-state index in [0.29, 0.717) is 38.3 Å². The molecule has 1 heterocycles. The Hall–Kier alpha value is -1.57. The molecule has 3 aromatic rings. The largest absolute Gasteiger partial charge is 0.376 e. The maximum atomic E-state index is 13.4. The van der Waals surface area contributed by atoms with Gasteiger partial charge in [0.25, 0.3) is 9.98 Å². The van der Waals surface area contributed by atoms with Crippen LogP contribution in [-0.4, -0.2) is 27.3 Å². The molecular formula is C23H23Cl4N2O5P. The number of benzene rings is 2. The van der Waals surface area contributed by atoms with Crippen molar-refractivity contribution in [2.45, 2.75) is 44.0 Å². The van der Waals surface area contributed by atoms with Crippen LogP contribution in [0.5, 0.6) is 0 Å². The van der Waals surface area contributed by atoms with Gasteiger partial charge in [0.05, 0.1) is 22.3 Å². The van der Waals surface area contributed by atoms with Crippen LogP contribution in [0, 0.1) is 0 Å². The Bertz CT molecular complexity index is 1230. The highest BCUT2D eigenvalue weighted by Crippen LogP contribution is 2.66. The van der Waals surface area contributed by atoms with Crippen molar-refractivity contribution in [3.8, 4) is 22.6 Å². The third-order valence-electron chi connectivity index (χ3n) is 4.45. The summed E-state index contributed by atoms with van der Waals surface area (Å²) in [6, 6.07) is 13.4. The van der Waals surface area contributed by atoms with Gasteiger partial charge in [-0.3, -0.25) is 9.36 Å². The van der Waals surface area contributed by atoms with Gasteiger partial charge in [-0.25, -0.2) is 0 Å². The van der Waals surface area contributed by atoms with Crippen LogP contribution in [0.15, 0.2) is 53.1 Å². The van der Waals surface area contributed by atoms with Gasteiger partial charge < -0.3 is 18.9 Å². The summed E-state index contributed by atoms with van der Waals surface area (Å²) >= 11 is 25.1. The maximum Gasteiger partial charge on any atom is 0.376 e. The molecule has 3 rings (SSSR count). The predicted molar refractivity (Wildman–Crippen MR) is 141 cm³/mol. The molecule has 0 unspecified atom stereocenters. The topological polar surface area (TPSA) is 90.7 Å². The average Bonchev–Trinajstić information content (AvgIpc) is 3.22. The first-order valence-corrected chi connectivity index (χ1v) is 13.6. The van der Waals surface area contributed by atoms with E-state index in [9.17, 15) is 9.36 Å². The molecule has 0 aliphatic carbocycles. The highest BCUT2D eigenvalue weighted by molar-refractivity contribution is 7.61. The van der Waals surface area contributed by atoms with Gasteiger partial charge in [-0.1, -0.05) is 69.8 Å². The number of alkyl halides is 2. The normalized spacial score (nSPS) is 12.4. The summed E-state index contributed by atoms with van der Waals surface area (Å²) < 4.78 is 27.1. The van der Waals surface area contributed by atoms with Crippen LogP contribution in [-0.2, 0) is 18.4 Å². The first-order valence-electron chi connectivity index (χ1n) is 10.5. The van der Waals surface area contributed by atoms with Gasteiger partial charge in [-0.05, 0) is 52.0 Å². The van der Waals surface area contributed by atoms with Crippen molar-refractivity contribution < 1.29 is 22.9 Å². The number of amides is 1. The molecule has 2 aromatic carbocycles. The summed E-state index contributed by atoms with van der Waals surface area (Å²) in [7, 11) is -4.27. The van der Waals surface area contributed by atoms with Crippen molar-refractivity contribution in [1.82, 2.24) is 5.16 Å². The van der Waals surface area contributed by atoms with Gasteiger partial charge >= 0.3 is 7.60 Å². The Kier molecular flexibility index (Phi) is 8.98. The molecule has 7 nitrogen and oxygen atoms in total. The Morgan fingerprint density at radius 2 is 1.57 bits per heavy atom. The van der Waals surface area contributed by atoms with Crippen molar-refractivity contribution in [2.24, 2.45) is 0 Å². The van der Waals surface area contributed by atoms with Gasteiger partial charge in [-0.2, -0.15) is 0 Å². The summed E-state index contributed by atoms with van der Waals surface area (Å²) in [5, 5.41) is 7.47. The van der Waals surface area contributed by atoms with Gasteiger partial charge in [0, 0.05) is 22.9 Å². The first kappa shape index (κ1) is 28.0. The van der Waals surface area contributed by atoms with E-state index in [1.807, 2.05) is 0 Å². The second kappa shape index (κ2) is 11.2. The van der Waals surface area contributed by atoms with Crippen LogP contribution in [0.25, 0.3) is 22.6 Å². The maximum absolute atomic E-state index is 13.4. The Balaban J connectivity index is 1.86. The SMILES string of the molecule is CC(C)OP(=O)(OC(C)C)C(Cl)(Cl)C(=O)Nc1cccc(-c2cc(-c3c(Cl)cccc3Cl)no2)c1. The van der Waals surface area contributed by atoms with Crippen molar-refractivity contribution in [1.29, 1.82) is 0 Å². The summed E-state index contributed by atoms with van der Waals surface area (Å²) in [6.07, 6.45) is -1.11. The lowest BCUT2D eigenvalue weighted by molar-refractivity contribution is -0.115. The molecule has 0 aliphatic rings. The fraction of sp³-hybridized carbons (Fsp3) is 0.304. The summed E-state index contributed by atoms with van der Waals surface area (Å²) in [5.41, 5.74) is 1.88. The molecule has 35 heavy (non-hydrogen) atoms. The third-order valence-corrected chi connectivity index (χ3v) is 8.96. The number of halogens is 4. The van der Waals surface area contributed by atoms with E-state index in [1.165, 1.54) is 0 Å². The van der Waals surface area contributed by atoms with Crippen LogP contribution in [0.4, 0.5) is 5.69 Å². The number of carbonyl (C=O) groups excluding carboxylic acids is 1. The van der Waals surface area contributed by atoms with Gasteiger partial charge in [-0.15, -0.1) is 0 Å². The molecule has 0 spiro atoms. The average molecular weight is 580 g/mol. The lowest BCUT2D eigenvalue weighted by Crippen LogP contribution is -2.35. The molecule has 0 fully saturated rings. The van der Waals surface area contributed by atoms with Crippen molar-refractivity contribution in [3.05, 3.63) is 58.6 Å². The van der Waals surface area contributed by atoms with Crippen LogP contribution in [0.1, 0.15) is 27.7 Å². The molecule has 1 N–H and O–H groups in total. The summed E-state index contributed by atoms with van der Waals surface area (Å²) in [6.45, 7) is 6.51. The monoisotopic (exact) mass is 578 g/mol. The lowest BCUT2D eigenvalue weighted by Gasteiger charge is -2.30. The number of nitrogens with zero attached hydrogens (tertiary/aromatic N) is 1. The fourth-order valence-electron chi connectivity index (χ4n) is 3.06. The second-order valence-electron chi connectivity index (χ2n) is 8.06. The Labute approximate surface area is 223 Å². The standard InChI is InChI=1S/C23H23Cl4N2O5P/c1-13(2)33-35(31,34-14(3)4)23(26,27)22(30)28-16-8-5-7-15(11-16)20-12-19(29-32-20)21-17(24)9-6-10-18(21)25/h5-14H,1-4H3,(H,28,30). The van der Waals surface area contributed by atoms with Crippen LogP contribution in [0.3, 0.4) is 0 Å². The fourth-order valence-corrected chi connectivity index (χ4v) is 5.96. The van der Waals surface area contributed by atoms with Crippen LogP contribution < -0.4 is 5.32 Å². The van der Waals surface area contributed by atoms with Gasteiger partial charge in [0.1, 0.15) is 5.69 Å². The number of aromatic nitrogens is 1. The highest BCUT2D eigenvalue weighted by Gasteiger charge is 2.56. The second-order valence-corrected chi connectivity index (χ2v) is 12.8. The summed E-state index contributed by atoms with van der Waals surface area (Å²) in [4.78, 5) is 13.0. The molecule has 0 bridgehead atoms. The number of rotatable bonds is 9. The molecular weight excluding hydrogens is 557 g/mol. The molecule has 0 radical (unpaired) electrons. The zero-order valence-electron chi connectivity index (χ0n) is 19.2. The van der Waals surface area contributed by atoms with E-state index >= 15 is 0 Å². The van der Waals surface area contributed by atoms with E-state index in [2.05, 4.69) is 10.5 Å². The third kappa shape index (κ3) is 6.41. The van der Waals surface area contributed by atoms with E-state index in [4.69, 9.17) is 60.0 Å². The molecule has 0 saturated carbocycles. The molecule has 0 saturated heterocycles. The molecule has 0 atom stereocenters. The van der Waals surface area contributed by atoms with Gasteiger partial charge in [0.15, 0.2) is 5.76 Å². The number of hydrogen-bond acceptors (Lipinski definition) is 6.